The van der Waals surface area contributed by atoms with Gasteiger partial charge >= 0.3 is 5.97 Å². The van der Waals surface area contributed by atoms with Crippen LogP contribution in [0.2, 0.25) is 0 Å². The van der Waals surface area contributed by atoms with Gasteiger partial charge in [0.25, 0.3) is 0 Å². The van der Waals surface area contributed by atoms with Crippen molar-refractivity contribution in [3.8, 4) is 0 Å². The van der Waals surface area contributed by atoms with Crippen molar-refractivity contribution in [3.63, 3.8) is 0 Å². The molecule has 6 heteroatoms. The van der Waals surface area contributed by atoms with Crippen LogP contribution in [-0.2, 0) is 4.74 Å². The number of hydrogen-bond acceptors (Lipinski definition) is 3. The van der Waals surface area contributed by atoms with Gasteiger partial charge in [-0.2, -0.15) is 0 Å². The van der Waals surface area contributed by atoms with E-state index in [1.807, 2.05) is 0 Å². The lowest BCUT2D eigenvalue weighted by atomic mass is 10.2. The normalized spacial score (nSPS) is 10.6. The third-order valence-electron chi connectivity index (χ3n) is 2.00. The highest BCUT2D eigenvalue weighted by Crippen LogP contribution is 2.21. The topological polar surface area (TPSA) is 55.0 Å². The van der Waals surface area contributed by atoms with Gasteiger partial charge < -0.3 is 9.72 Å². The highest BCUT2D eigenvalue weighted by molar-refractivity contribution is 5.94. The third kappa shape index (κ3) is 1.34. The Hall–Kier alpha value is -1.98. The Kier molecular flexibility index (Phi) is 2.11. The van der Waals surface area contributed by atoms with Crippen molar-refractivity contribution in [2.45, 2.75) is 0 Å². The van der Waals surface area contributed by atoms with Crippen molar-refractivity contribution in [2.75, 3.05) is 7.11 Å². The van der Waals surface area contributed by atoms with Gasteiger partial charge in [-0.25, -0.2) is 18.6 Å². The molecule has 2 rings (SSSR count). The minimum absolute atomic E-state index is 0.139. The number of benzene rings is 1. The summed E-state index contributed by atoms with van der Waals surface area (Å²) in [7, 11) is 1.09. The number of nitrogens with one attached hydrogen (secondary N) is 1. The molecular formula is C9H6F2N2O2. The fourth-order valence-corrected chi connectivity index (χ4v) is 1.28. The predicted octanol–water partition coefficient (Wildman–Crippen LogP) is 1.63. The first-order valence-corrected chi connectivity index (χ1v) is 4.04. The van der Waals surface area contributed by atoms with Crippen LogP contribution in [0.1, 0.15) is 10.4 Å². The average Bonchev–Trinajstić information content (AvgIpc) is 2.70. The van der Waals surface area contributed by atoms with Gasteiger partial charge in [0.15, 0.2) is 11.6 Å². The Morgan fingerprint density at radius 3 is 2.87 bits per heavy atom. The minimum Gasteiger partial charge on any atom is -0.465 e. The van der Waals surface area contributed by atoms with E-state index in [9.17, 15) is 13.6 Å². The molecule has 0 spiro atoms. The molecule has 1 heterocycles. The van der Waals surface area contributed by atoms with Crippen LogP contribution < -0.4 is 0 Å². The summed E-state index contributed by atoms with van der Waals surface area (Å²) in [4.78, 5) is 17.3. The van der Waals surface area contributed by atoms with E-state index in [0.717, 1.165) is 13.2 Å². The Morgan fingerprint density at radius 2 is 2.20 bits per heavy atom. The first-order valence-electron chi connectivity index (χ1n) is 4.04. The molecule has 0 unspecified atom stereocenters. The summed E-state index contributed by atoms with van der Waals surface area (Å²) >= 11 is 0. The number of aromatic nitrogens is 2. The van der Waals surface area contributed by atoms with Gasteiger partial charge in [0.05, 0.1) is 19.0 Å². The lowest BCUT2D eigenvalue weighted by Crippen LogP contribution is -2.06. The highest BCUT2D eigenvalue weighted by atomic mass is 19.2. The maximum Gasteiger partial charge on any atom is 0.341 e. The van der Waals surface area contributed by atoms with Crippen LogP contribution in [0.4, 0.5) is 8.78 Å². The molecule has 15 heavy (non-hydrogen) atoms. The molecule has 1 aromatic carbocycles. The maximum atomic E-state index is 13.3. The number of nitrogens with zero attached hydrogens (tertiary/aromatic N) is 1. The number of esters is 1. The summed E-state index contributed by atoms with van der Waals surface area (Å²) in [6.07, 6.45) is 1.22. The van der Waals surface area contributed by atoms with E-state index >= 15 is 0 Å². The fourth-order valence-electron chi connectivity index (χ4n) is 1.28. The summed E-state index contributed by atoms with van der Waals surface area (Å²) < 4.78 is 31.0. The molecule has 4 nitrogen and oxygen atoms in total. The number of ether oxygens (including phenoxy) is 1. The predicted molar refractivity (Wildman–Crippen MR) is 47.3 cm³/mol. The molecule has 0 fully saturated rings. The second-order valence-electron chi connectivity index (χ2n) is 2.84. The largest absolute Gasteiger partial charge is 0.465 e. The molecule has 1 aromatic heterocycles. The highest BCUT2D eigenvalue weighted by Gasteiger charge is 2.20. The van der Waals surface area contributed by atoms with E-state index in [2.05, 4.69) is 14.7 Å². The Balaban J connectivity index is 2.75. The lowest BCUT2D eigenvalue weighted by molar-refractivity contribution is 0.0594. The molecule has 0 aliphatic rings. The number of aromatic amines is 1. The maximum absolute atomic E-state index is 13.3. The summed E-state index contributed by atoms with van der Waals surface area (Å²) in [5, 5.41) is 0. The smallest absolute Gasteiger partial charge is 0.341 e. The average molecular weight is 212 g/mol. The number of fused-ring (bicyclic) bond motifs is 1. The van der Waals surface area contributed by atoms with Gasteiger partial charge in [0.1, 0.15) is 11.1 Å². The molecule has 0 saturated carbocycles. The number of carbonyl (C=O) groups is 1. The van der Waals surface area contributed by atoms with Crippen LogP contribution in [0.25, 0.3) is 11.0 Å². The number of imidazole rings is 1. The minimum atomic E-state index is -1.25. The molecule has 2 aromatic rings. The summed E-state index contributed by atoms with van der Waals surface area (Å²) in [5.41, 5.74) is -0.346. The summed E-state index contributed by atoms with van der Waals surface area (Å²) in [6.45, 7) is 0. The molecule has 78 valence electrons. The van der Waals surface area contributed by atoms with E-state index < -0.39 is 23.2 Å². The van der Waals surface area contributed by atoms with Gasteiger partial charge in [-0.05, 0) is 6.07 Å². The molecular weight excluding hydrogens is 206 g/mol. The van der Waals surface area contributed by atoms with Gasteiger partial charge in [-0.1, -0.05) is 0 Å². The van der Waals surface area contributed by atoms with E-state index in [4.69, 9.17) is 0 Å². The zero-order chi connectivity index (χ0) is 11.0. The molecule has 0 bridgehead atoms. The number of rotatable bonds is 1. The van der Waals surface area contributed by atoms with E-state index in [-0.39, 0.29) is 11.0 Å². The zero-order valence-corrected chi connectivity index (χ0v) is 7.67. The second kappa shape index (κ2) is 3.30. The number of methoxy groups -OCH3 is 1. The van der Waals surface area contributed by atoms with Crippen LogP contribution in [0.15, 0.2) is 12.4 Å². The van der Waals surface area contributed by atoms with Crippen LogP contribution in [0.5, 0.6) is 0 Å². The molecule has 0 atom stereocenters. The van der Waals surface area contributed by atoms with E-state index in [0.29, 0.717) is 0 Å². The fraction of sp³-hybridized carbons (Fsp3) is 0.111. The molecule has 0 aliphatic carbocycles. The van der Waals surface area contributed by atoms with Crippen LogP contribution in [0, 0.1) is 11.6 Å². The van der Waals surface area contributed by atoms with Crippen molar-refractivity contribution in [2.24, 2.45) is 0 Å². The van der Waals surface area contributed by atoms with Crippen LogP contribution in [-0.4, -0.2) is 23.0 Å². The van der Waals surface area contributed by atoms with Crippen LogP contribution >= 0.6 is 0 Å². The number of hydrogen-bond donors (Lipinski definition) is 1. The van der Waals surface area contributed by atoms with Crippen molar-refractivity contribution < 1.29 is 18.3 Å². The number of carbonyl (C=O) groups excluding carboxylic acids is 1. The first-order chi connectivity index (χ1) is 7.15. The molecule has 0 aliphatic heterocycles. The van der Waals surface area contributed by atoms with Gasteiger partial charge in [0.2, 0.25) is 0 Å². The van der Waals surface area contributed by atoms with Gasteiger partial charge in [0, 0.05) is 0 Å². The lowest BCUT2D eigenvalue weighted by Gasteiger charge is -2.02. The van der Waals surface area contributed by atoms with Crippen molar-refractivity contribution in [3.05, 3.63) is 29.6 Å². The van der Waals surface area contributed by atoms with Crippen molar-refractivity contribution in [1.29, 1.82) is 0 Å². The Morgan fingerprint density at radius 1 is 1.47 bits per heavy atom. The van der Waals surface area contributed by atoms with E-state index in [1.165, 1.54) is 6.33 Å². The van der Waals surface area contributed by atoms with Gasteiger partial charge in [-0.15, -0.1) is 0 Å². The van der Waals surface area contributed by atoms with Gasteiger partial charge in [-0.3, -0.25) is 0 Å². The first kappa shape index (κ1) is 9.57. The monoisotopic (exact) mass is 212 g/mol. The SMILES string of the molecule is COC(=O)c1cc2[nH]cnc2c(F)c1F. The molecule has 1 N–H and O–H groups in total. The number of halogens is 2. The van der Waals surface area contributed by atoms with E-state index in [1.54, 1.807) is 0 Å². The Labute approximate surface area is 82.9 Å². The van der Waals surface area contributed by atoms with Crippen molar-refractivity contribution in [1.82, 2.24) is 9.97 Å². The third-order valence-corrected chi connectivity index (χ3v) is 2.00. The second-order valence-corrected chi connectivity index (χ2v) is 2.84. The van der Waals surface area contributed by atoms with Crippen LogP contribution in [0.3, 0.4) is 0 Å². The molecule has 0 saturated heterocycles. The quantitative estimate of drug-likeness (QED) is 0.731. The summed E-state index contributed by atoms with van der Waals surface area (Å²) in [6, 6.07) is 1.16. The summed E-state index contributed by atoms with van der Waals surface area (Å²) in [5.74, 6) is -3.33. The van der Waals surface area contributed by atoms with Crippen molar-refractivity contribution >= 4 is 17.0 Å². The molecule has 0 amide bonds. The standard InChI is InChI=1S/C9H6F2N2O2/c1-15-9(14)4-2-5-8(13-3-12-5)7(11)6(4)10/h2-3H,1H3,(H,12,13). The molecule has 0 radical (unpaired) electrons. The number of H-pyrrole nitrogens is 1. The Bertz CT molecular complexity index is 536. The zero-order valence-electron chi connectivity index (χ0n) is 7.67.